The summed E-state index contributed by atoms with van der Waals surface area (Å²) in [5.74, 6) is 0.356. The quantitative estimate of drug-likeness (QED) is 0.571. The number of carbonyl (C=O) groups is 2. The van der Waals surface area contributed by atoms with E-state index in [1.807, 2.05) is 31.2 Å². The van der Waals surface area contributed by atoms with Gasteiger partial charge in [-0.3, -0.25) is 9.59 Å². The van der Waals surface area contributed by atoms with Gasteiger partial charge in [-0.05, 0) is 55.7 Å². The van der Waals surface area contributed by atoms with Gasteiger partial charge < -0.3 is 15.0 Å². The minimum atomic E-state index is -0.327. The predicted molar refractivity (Wildman–Crippen MR) is 125 cm³/mol. The van der Waals surface area contributed by atoms with E-state index >= 15 is 0 Å². The highest BCUT2D eigenvalue weighted by atomic mass is 35.5. The van der Waals surface area contributed by atoms with E-state index in [9.17, 15) is 9.59 Å². The Hall–Kier alpha value is -2.97. The number of carbonyl (C=O) groups excluding carboxylic acids is 2. The molecule has 0 saturated carbocycles. The molecule has 0 spiro atoms. The molecule has 0 bridgehead atoms. The van der Waals surface area contributed by atoms with Crippen LogP contribution in [0.1, 0.15) is 39.1 Å². The molecule has 1 fully saturated rings. The number of likely N-dealkylation sites (tertiary alicyclic amines) is 1. The zero-order chi connectivity index (χ0) is 22.5. The second-order valence-corrected chi connectivity index (χ2v) is 9.14. The van der Waals surface area contributed by atoms with E-state index in [1.54, 1.807) is 29.2 Å². The van der Waals surface area contributed by atoms with Crippen LogP contribution in [0.3, 0.4) is 0 Å². The van der Waals surface area contributed by atoms with Crippen molar-refractivity contribution < 1.29 is 14.3 Å². The van der Waals surface area contributed by atoms with Crippen molar-refractivity contribution in [3.8, 4) is 5.75 Å². The fraction of sp³-hybridized carbons (Fsp3) is 0.304. The summed E-state index contributed by atoms with van der Waals surface area (Å²) in [6.45, 7) is 3.21. The maximum Gasteiger partial charge on any atom is 0.286 e. The van der Waals surface area contributed by atoms with Crippen molar-refractivity contribution in [3.05, 3.63) is 69.1 Å². The van der Waals surface area contributed by atoms with Gasteiger partial charge in [0.25, 0.3) is 11.8 Å². The second kappa shape index (κ2) is 10.1. The number of nitrogens with zero attached hydrogens (tertiary/aromatic N) is 3. The molecule has 32 heavy (non-hydrogen) atoms. The number of piperidine rings is 1. The Labute approximate surface area is 195 Å². The van der Waals surface area contributed by atoms with Crippen LogP contribution >= 0.6 is 22.9 Å². The maximum atomic E-state index is 12.7. The Morgan fingerprint density at radius 3 is 2.88 bits per heavy atom. The summed E-state index contributed by atoms with van der Waals surface area (Å²) in [4.78, 5) is 27.0. The molecule has 2 heterocycles. The lowest BCUT2D eigenvalue weighted by Crippen LogP contribution is -2.41. The average molecular weight is 471 g/mol. The summed E-state index contributed by atoms with van der Waals surface area (Å²) in [5.41, 5.74) is 1.68. The topological polar surface area (TPSA) is 84.4 Å². The molecule has 9 heteroatoms. The average Bonchev–Trinajstić information content (AvgIpc) is 3.28. The summed E-state index contributed by atoms with van der Waals surface area (Å²) in [6, 6.07) is 14.6. The number of amides is 2. The Kier molecular flexibility index (Phi) is 7.02. The van der Waals surface area contributed by atoms with Gasteiger partial charge in [0.2, 0.25) is 5.01 Å². The second-order valence-electron chi connectivity index (χ2n) is 7.69. The fourth-order valence-electron chi connectivity index (χ4n) is 3.59. The number of hydrogen-bond acceptors (Lipinski definition) is 6. The van der Waals surface area contributed by atoms with Crippen molar-refractivity contribution in [2.75, 3.05) is 25.0 Å². The first kappa shape index (κ1) is 22.2. The molecule has 1 aliphatic heterocycles. The molecule has 1 saturated heterocycles. The van der Waals surface area contributed by atoms with E-state index < -0.39 is 0 Å². The van der Waals surface area contributed by atoms with Crippen LogP contribution in [0.15, 0.2) is 48.5 Å². The van der Waals surface area contributed by atoms with Gasteiger partial charge in [-0.2, -0.15) is 0 Å². The van der Waals surface area contributed by atoms with Crippen LogP contribution < -0.4 is 10.1 Å². The summed E-state index contributed by atoms with van der Waals surface area (Å²) < 4.78 is 5.66. The lowest BCUT2D eigenvalue weighted by Gasteiger charge is -2.31. The zero-order valence-corrected chi connectivity index (χ0v) is 19.2. The van der Waals surface area contributed by atoms with Crippen molar-refractivity contribution in [1.82, 2.24) is 15.1 Å². The number of aromatic nitrogens is 2. The van der Waals surface area contributed by atoms with Gasteiger partial charge in [0, 0.05) is 29.7 Å². The molecule has 1 aromatic heterocycles. The standard InChI is InChI=1S/C23H23ClN4O3S/c1-15-5-2-9-19(11-15)31-14-20(29)28-10-4-6-16(13-28)22-26-27-23(32-22)21(30)25-18-8-3-7-17(24)12-18/h2-3,5,7-9,11-12,16H,4,6,10,13-14H2,1H3,(H,25,30). The van der Waals surface area contributed by atoms with Gasteiger partial charge in [-0.15, -0.1) is 10.2 Å². The number of rotatable bonds is 6. The van der Waals surface area contributed by atoms with Gasteiger partial charge in [-0.1, -0.05) is 41.1 Å². The van der Waals surface area contributed by atoms with Gasteiger partial charge in [0.1, 0.15) is 10.8 Å². The summed E-state index contributed by atoms with van der Waals surface area (Å²) in [7, 11) is 0. The molecule has 0 radical (unpaired) electrons. The molecule has 1 aliphatic rings. The van der Waals surface area contributed by atoms with E-state index in [-0.39, 0.29) is 29.3 Å². The molecule has 2 amide bonds. The highest BCUT2D eigenvalue weighted by molar-refractivity contribution is 7.13. The Morgan fingerprint density at radius 2 is 2.06 bits per heavy atom. The van der Waals surface area contributed by atoms with Crippen molar-refractivity contribution in [1.29, 1.82) is 0 Å². The third-order valence-corrected chi connectivity index (χ3v) is 6.51. The first-order valence-electron chi connectivity index (χ1n) is 10.4. The minimum Gasteiger partial charge on any atom is -0.484 e. The van der Waals surface area contributed by atoms with Crippen LogP contribution in [0.5, 0.6) is 5.75 Å². The summed E-state index contributed by atoms with van der Waals surface area (Å²) in [6.07, 6.45) is 1.76. The third kappa shape index (κ3) is 5.63. The minimum absolute atomic E-state index is 0.000413. The fourth-order valence-corrected chi connectivity index (χ4v) is 4.64. The van der Waals surface area contributed by atoms with E-state index in [2.05, 4.69) is 15.5 Å². The number of halogens is 1. The molecule has 166 valence electrons. The number of hydrogen-bond donors (Lipinski definition) is 1. The highest BCUT2D eigenvalue weighted by Gasteiger charge is 2.28. The lowest BCUT2D eigenvalue weighted by atomic mass is 9.99. The predicted octanol–water partition coefficient (Wildman–Crippen LogP) is 4.54. The largest absolute Gasteiger partial charge is 0.484 e. The van der Waals surface area contributed by atoms with Crippen LogP contribution in [0.4, 0.5) is 5.69 Å². The molecule has 7 nitrogen and oxygen atoms in total. The summed E-state index contributed by atoms with van der Waals surface area (Å²) in [5, 5.41) is 12.7. The molecule has 2 aromatic carbocycles. The number of aryl methyl sites for hydroxylation is 1. The van der Waals surface area contributed by atoms with Crippen LogP contribution in [0.2, 0.25) is 5.02 Å². The third-order valence-electron chi connectivity index (χ3n) is 5.19. The van der Waals surface area contributed by atoms with E-state index in [4.69, 9.17) is 16.3 Å². The van der Waals surface area contributed by atoms with Gasteiger partial charge in [-0.25, -0.2) is 0 Å². The van der Waals surface area contributed by atoms with Crippen LogP contribution in [0.25, 0.3) is 0 Å². The molecular weight excluding hydrogens is 448 g/mol. The van der Waals surface area contributed by atoms with E-state index in [1.165, 1.54) is 11.3 Å². The molecular formula is C23H23ClN4O3S. The number of anilines is 1. The Morgan fingerprint density at radius 1 is 1.22 bits per heavy atom. The molecule has 1 N–H and O–H groups in total. The first-order valence-corrected chi connectivity index (χ1v) is 11.5. The van der Waals surface area contributed by atoms with Crippen molar-refractivity contribution >= 4 is 40.4 Å². The number of ether oxygens (including phenoxy) is 1. The van der Waals surface area contributed by atoms with Crippen molar-refractivity contribution in [3.63, 3.8) is 0 Å². The van der Waals surface area contributed by atoms with Gasteiger partial charge in [0.15, 0.2) is 6.61 Å². The van der Waals surface area contributed by atoms with E-state index in [0.29, 0.717) is 29.5 Å². The first-order chi connectivity index (χ1) is 15.5. The highest BCUT2D eigenvalue weighted by Crippen LogP contribution is 2.29. The lowest BCUT2D eigenvalue weighted by molar-refractivity contribution is -0.134. The normalized spacial score (nSPS) is 15.9. The van der Waals surface area contributed by atoms with Gasteiger partial charge in [0.05, 0.1) is 0 Å². The van der Waals surface area contributed by atoms with Crippen LogP contribution in [-0.2, 0) is 4.79 Å². The molecule has 4 rings (SSSR count). The summed E-state index contributed by atoms with van der Waals surface area (Å²) >= 11 is 7.23. The van der Waals surface area contributed by atoms with Gasteiger partial charge >= 0.3 is 0 Å². The molecule has 0 aliphatic carbocycles. The molecule has 1 atom stereocenters. The van der Waals surface area contributed by atoms with Crippen LogP contribution in [0, 0.1) is 6.92 Å². The smallest absolute Gasteiger partial charge is 0.286 e. The monoisotopic (exact) mass is 470 g/mol. The maximum absolute atomic E-state index is 12.7. The molecule has 1 unspecified atom stereocenters. The van der Waals surface area contributed by atoms with Crippen molar-refractivity contribution in [2.45, 2.75) is 25.7 Å². The number of benzene rings is 2. The van der Waals surface area contributed by atoms with Crippen molar-refractivity contribution in [2.24, 2.45) is 0 Å². The Balaban J connectivity index is 1.34. The van der Waals surface area contributed by atoms with Crippen LogP contribution in [-0.4, -0.2) is 46.6 Å². The van der Waals surface area contributed by atoms with E-state index in [0.717, 1.165) is 23.4 Å². The SMILES string of the molecule is Cc1cccc(OCC(=O)N2CCCC(c3nnc(C(=O)Nc4cccc(Cl)c4)s3)C2)c1. The Bertz CT molecular complexity index is 1120. The zero-order valence-electron chi connectivity index (χ0n) is 17.6. The molecule has 3 aromatic rings. The number of nitrogens with one attached hydrogen (secondary N) is 1.